The average Bonchev–Trinajstić information content (AvgIpc) is 3.20. The molecule has 0 amide bonds. The molecule has 0 saturated heterocycles. The Balaban J connectivity index is 1.71. The molecule has 1 aromatic heterocycles. The third-order valence-electron chi connectivity index (χ3n) is 4.31. The van der Waals surface area contributed by atoms with Gasteiger partial charge in [-0.25, -0.2) is 0 Å². The van der Waals surface area contributed by atoms with Crippen molar-refractivity contribution in [1.82, 2.24) is 4.98 Å². The molecule has 4 aromatic rings. The fourth-order valence-electron chi connectivity index (χ4n) is 2.69. The number of thiazole rings is 1. The lowest BCUT2D eigenvalue weighted by atomic mass is 10.1. The van der Waals surface area contributed by atoms with Gasteiger partial charge in [0.05, 0.1) is 15.7 Å². The molecule has 2 N–H and O–H groups in total. The highest BCUT2D eigenvalue weighted by Gasteiger charge is 2.23. The molecule has 7 nitrogen and oxygen atoms in total. The Kier molecular flexibility index (Phi) is 7.09. The summed E-state index contributed by atoms with van der Waals surface area (Å²) in [5.74, 6) is -0.768. The summed E-state index contributed by atoms with van der Waals surface area (Å²) >= 11 is 13.2. The number of carbonyl (C=O) groups excluding carboxylic acids is 1. The Morgan fingerprint density at radius 3 is 2.27 bits per heavy atom. The topological polar surface area (TPSA) is 99.3 Å². The van der Waals surface area contributed by atoms with Crippen LogP contribution in [-0.4, -0.2) is 21.6 Å². The molecule has 0 radical (unpaired) electrons. The minimum absolute atomic E-state index is 0.0133. The van der Waals surface area contributed by atoms with Crippen LogP contribution < -0.4 is 5.43 Å². The Hall–Kier alpha value is -3.59. The van der Waals surface area contributed by atoms with Gasteiger partial charge in [0.1, 0.15) is 5.69 Å². The number of para-hydroxylation sites is 1. The van der Waals surface area contributed by atoms with Gasteiger partial charge in [0.15, 0.2) is 10.7 Å². The second-order valence-corrected chi connectivity index (χ2v) is 8.34. The molecular formula is C23H15Cl2N5O2S. The number of nitrogens with zero attached hydrogens (tertiary/aromatic N) is 4. The number of halogens is 2. The highest BCUT2D eigenvalue weighted by Crippen LogP contribution is 2.36. The largest absolute Gasteiger partial charge is 0.491 e. The van der Waals surface area contributed by atoms with E-state index in [-0.39, 0.29) is 21.6 Å². The summed E-state index contributed by atoms with van der Waals surface area (Å²) in [4.78, 5) is 17.3. The van der Waals surface area contributed by atoms with Crippen LogP contribution in [0, 0.1) is 0 Å². The Labute approximate surface area is 203 Å². The third-order valence-corrected chi connectivity index (χ3v) is 5.89. The maximum Gasteiger partial charge on any atom is 0.251 e. The number of carbonyl (C=O) groups is 1. The average molecular weight is 496 g/mol. The highest BCUT2D eigenvalue weighted by molar-refractivity contribution is 7.18. The number of aromatic nitrogens is 1. The van der Waals surface area contributed by atoms with Crippen molar-refractivity contribution in [3.63, 3.8) is 0 Å². The molecule has 0 aliphatic heterocycles. The Morgan fingerprint density at radius 1 is 0.879 bits per heavy atom. The van der Waals surface area contributed by atoms with Crippen LogP contribution in [0.1, 0.15) is 15.4 Å². The SMILES string of the molecule is O=C(/C(=N\Nc1ccccc1Cl)c1nc(O)c(N=Nc2ccccc2Cl)s1)c1ccccc1. The molecule has 0 unspecified atom stereocenters. The number of hydrogen-bond acceptors (Lipinski definition) is 8. The fraction of sp³-hybridized carbons (Fsp3) is 0. The van der Waals surface area contributed by atoms with E-state index in [1.807, 2.05) is 0 Å². The van der Waals surface area contributed by atoms with Crippen molar-refractivity contribution in [3.8, 4) is 5.88 Å². The first kappa shape index (κ1) is 22.6. The van der Waals surface area contributed by atoms with Gasteiger partial charge in [0.2, 0.25) is 10.8 Å². The van der Waals surface area contributed by atoms with Crippen molar-refractivity contribution in [2.75, 3.05) is 5.43 Å². The second kappa shape index (κ2) is 10.4. The van der Waals surface area contributed by atoms with E-state index >= 15 is 0 Å². The summed E-state index contributed by atoms with van der Waals surface area (Å²) in [7, 11) is 0. The molecule has 0 atom stereocenters. The molecule has 33 heavy (non-hydrogen) atoms. The Morgan fingerprint density at radius 2 is 1.55 bits per heavy atom. The Bertz CT molecular complexity index is 1360. The van der Waals surface area contributed by atoms with Gasteiger partial charge in [-0.2, -0.15) is 10.1 Å². The molecule has 10 heteroatoms. The third kappa shape index (κ3) is 5.43. The number of anilines is 1. The number of Topliss-reactive ketones (excluding diaryl/α,β-unsaturated/α-hetero) is 1. The molecule has 0 aliphatic rings. The van der Waals surface area contributed by atoms with Crippen LogP contribution in [0.4, 0.5) is 16.4 Å². The van der Waals surface area contributed by atoms with Crippen molar-refractivity contribution in [1.29, 1.82) is 0 Å². The van der Waals surface area contributed by atoms with Crippen molar-refractivity contribution in [2.45, 2.75) is 0 Å². The van der Waals surface area contributed by atoms with Crippen molar-refractivity contribution in [3.05, 3.63) is 99.5 Å². The van der Waals surface area contributed by atoms with E-state index in [2.05, 4.69) is 25.7 Å². The van der Waals surface area contributed by atoms with Crippen LogP contribution >= 0.6 is 34.5 Å². The van der Waals surface area contributed by atoms with E-state index in [1.54, 1.807) is 78.9 Å². The number of azo groups is 1. The van der Waals surface area contributed by atoms with Gasteiger partial charge in [0, 0.05) is 5.56 Å². The number of aromatic hydroxyl groups is 1. The van der Waals surface area contributed by atoms with Gasteiger partial charge in [-0.1, -0.05) is 89.1 Å². The zero-order valence-corrected chi connectivity index (χ0v) is 19.1. The predicted molar refractivity (Wildman–Crippen MR) is 132 cm³/mol. The number of ketones is 1. The van der Waals surface area contributed by atoms with Crippen LogP contribution in [0.25, 0.3) is 0 Å². The number of hydrazone groups is 1. The highest BCUT2D eigenvalue weighted by atomic mass is 35.5. The lowest BCUT2D eigenvalue weighted by Gasteiger charge is -2.06. The molecule has 3 aromatic carbocycles. The van der Waals surface area contributed by atoms with Gasteiger partial charge in [-0.05, 0) is 24.3 Å². The molecule has 0 aliphatic carbocycles. The normalized spacial score (nSPS) is 11.6. The van der Waals surface area contributed by atoms with Crippen LogP contribution in [0.3, 0.4) is 0 Å². The molecule has 164 valence electrons. The van der Waals surface area contributed by atoms with Crippen LogP contribution in [0.5, 0.6) is 5.88 Å². The molecule has 4 rings (SSSR count). The lowest BCUT2D eigenvalue weighted by molar-refractivity contribution is 0.106. The maximum absolute atomic E-state index is 13.2. The second-order valence-electron chi connectivity index (χ2n) is 6.55. The molecular weight excluding hydrogens is 481 g/mol. The maximum atomic E-state index is 13.2. The van der Waals surface area contributed by atoms with Gasteiger partial charge in [0.25, 0.3) is 5.88 Å². The molecule has 0 bridgehead atoms. The zero-order chi connectivity index (χ0) is 23.2. The van der Waals surface area contributed by atoms with E-state index < -0.39 is 5.78 Å². The van der Waals surface area contributed by atoms with E-state index in [0.29, 0.717) is 27.0 Å². The number of rotatable bonds is 7. The first-order valence-corrected chi connectivity index (χ1v) is 11.1. The summed E-state index contributed by atoms with van der Waals surface area (Å²) in [5.41, 5.74) is 4.14. The minimum atomic E-state index is -0.390. The van der Waals surface area contributed by atoms with Gasteiger partial charge >= 0.3 is 0 Å². The summed E-state index contributed by atoms with van der Waals surface area (Å²) in [6, 6.07) is 22.5. The minimum Gasteiger partial charge on any atom is -0.491 e. The lowest BCUT2D eigenvalue weighted by Crippen LogP contribution is -2.17. The van der Waals surface area contributed by atoms with Crippen LogP contribution in [0.15, 0.2) is 94.2 Å². The van der Waals surface area contributed by atoms with Crippen LogP contribution in [-0.2, 0) is 0 Å². The summed E-state index contributed by atoms with van der Waals surface area (Å²) in [6.45, 7) is 0. The number of benzene rings is 3. The number of hydrogen-bond donors (Lipinski definition) is 2. The van der Waals surface area contributed by atoms with Crippen molar-refractivity contribution >= 4 is 62.4 Å². The van der Waals surface area contributed by atoms with Crippen molar-refractivity contribution in [2.24, 2.45) is 15.3 Å². The first-order chi connectivity index (χ1) is 16.0. The van der Waals surface area contributed by atoms with E-state index in [4.69, 9.17) is 23.2 Å². The summed E-state index contributed by atoms with van der Waals surface area (Å²) in [5, 5.41) is 23.8. The van der Waals surface area contributed by atoms with Gasteiger partial charge < -0.3 is 5.11 Å². The van der Waals surface area contributed by atoms with Gasteiger partial charge in [-0.15, -0.1) is 10.2 Å². The standard InChI is InChI=1S/C23H15Cl2N5O2S/c24-15-10-4-6-12-17(15)27-29-19(20(31)14-8-2-1-3-9-14)22-26-21(32)23(33-22)30-28-18-13-7-5-11-16(18)25/h1-13,27,32H/b29-19+,30-28?. The fourth-order valence-corrected chi connectivity index (χ4v) is 3.81. The molecule has 0 saturated carbocycles. The molecule has 0 spiro atoms. The molecule has 1 heterocycles. The summed E-state index contributed by atoms with van der Waals surface area (Å²) < 4.78 is 0. The van der Waals surface area contributed by atoms with Gasteiger partial charge in [-0.3, -0.25) is 10.2 Å². The van der Waals surface area contributed by atoms with Crippen LogP contribution in [0.2, 0.25) is 10.0 Å². The first-order valence-electron chi connectivity index (χ1n) is 9.57. The van der Waals surface area contributed by atoms with E-state index in [1.165, 1.54) is 0 Å². The van der Waals surface area contributed by atoms with E-state index in [9.17, 15) is 9.90 Å². The van der Waals surface area contributed by atoms with Crippen molar-refractivity contribution < 1.29 is 9.90 Å². The monoisotopic (exact) mass is 495 g/mol. The smallest absolute Gasteiger partial charge is 0.251 e. The zero-order valence-electron chi connectivity index (χ0n) is 16.8. The predicted octanol–water partition coefficient (Wildman–Crippen LogP) is 7.27. The van der Waals surface area contributed by atoms with E-state index in [0.717, 1.165) is 11.3 Å². The summed E-state index contributed by atoms with van der Waals surface area (Å²) in [6.07, 6.45) is 0. The quantitative estimate of drug-likeness (QED) is 0.122. The molecule has 0 fully saturated rings. The number of nitrogens with one attached hydrogen (secondary N) is 1.